The zero-order valence-corrected chi connectivity index (χ0v) is 24.8. The van der Waals surface area contributed by atoms with E-state index in [2.05, 4.69) is 39.9 Å². The highest BCUT2D eigenvalue weighted by Crippen LogP contribution is 2.26. The first-order valence-electron chi connectivity index (χ1n) is 13.3. The van der Waals surface area contributed by atoms with Crippen molar-refractivity contribution in [2.75, 3.05) is 19.0 Å². The van der Waals surface area contributed by atoms with Crippen molar-refractivity contribution in [1.29, 1.82) is 0 Å². The highest BCUT2D eigenvalue weighted by Gasteiger charge is 2.21. The lowest BCUT2D eigenvalue weighted by Gasteiger charge is -2.21. The Balaban J connectivity index is 1.51. The Bertz CT molecular complexity index is 1730. The van der Waals surface area contributed by atoms with Crippen LogP contribution in [0, 0.1) is 6.92 Å². The van der Waals surface area contributed by atoms with Gasteiger partial charge in [0.05, 0.1) is 36.1 Å². The molecule has 40 heavy (non-hydrogen) atoms. The van der Waals surface area contributed by atoms with E-state index in [0.29, 0.717) is 58.5 Å². The monoisotopic (exact) mass is 557 g/mol. The summed E-state index contributed by atoms with van der Waals surface area (Å²) in [4.78, 5) is 32.4. The lowest BCUT2D eigenvalue weighted by molar-refractivity contribution is 0.0895. The molecule has 0 radical (unpaired) electrons. The number of imidazole rings is 1. The molecule has 2 aromatic carbocycles. The second-order valence-corrected chi connectivity index (χ2v) is 16.7. The molecule has 11 heteroatoms. The highest BCUT2D eigenvalue weighted by atomic mass is 28.3. The van der Waals surface area contributed by atoms with Crippen molar-refractivity contribution in [1.82, 2.24) is 29.1 Å². The fourth-order valence-electron chi connectivity index (χ4n) is 4.59. The summed E-state index contributed by atoms with van der Waals surface area (Å²) in [6.45, 7) is 11.9. The molecule has 1 N–H and O–H groups in total. The van der Waals surface area contributed by atoms with Gasteiger partial charge in [0.15, 0.2) is 17.0 Å². The Kier molecular flexibility index (Phi) is 7.68. The molecule has 1 unspecified atom stereocenters. The third kappa shape index (κ3) is 5.61. The maximum atomic E-state index is 13.9. The van der Waals surface area contributed by atoms with E-state index in [0.717, 1.165) is 11.6 Å². The zero-order chi connectivity index (χ0) is 28.4. The third-order valence-electron chi connectivity index (χ3n) is 6.81. The molecular weight excluding hydrogens is 522 g/mol. The van der Waals surface area contributed by atoms with Crippen LogP contribution in [0.1, 0.15) is 24.4 Å². The van der Waals surface area contributed by atoms with E-state index < -0.39 is 14.1 Å². The molecule has 0 fully saturated rings. The number of aromatic nitrogens is 6. The molecule has 10 nitrogen and oxygen atoms in total. The number of methoxy groups -OCH3 is 1. The number of nitrogens with one attached hydrogen (secondary N) is 1. The topological polar surface area (TPSA) is 109 Å². The first kappa shape index (κ1) is 27.5. The minimum atomic E-state index is -1.17. The second kappa shape index (κ2) is 11.2. The Morgan fingerprint density at radius 1 is 1.07 bits per heavy atom. The Hall–Kier alpha value is -4.09. The van der Waals surface area contributed by atoms with E-state index in [1.165, 1.54) is 6.33 Å². The molecule has 0 aliphatic rings. The molecule has 0 aliphatic heterocycles. The number of benzene rings is 2. The molecule has 1 atom stereocenters. The van der Waals surface area contributed by atoms with Gasteiger partial charge in [0.2, 0.25) is 0 Å². The number of hydrogen-bond donors (Lipinski definition) is 1. The fourth-order valence-corrected chi connectivity index (χ4v) is 5.35. The number of fused-ring (bicyclic) bond motifs is 2. The molecule has 0 saturated carbocycles. The fraction of sp³-hybridized carbons (Fsp3) is 0.345. The van der Waals surface area contributed by atoms with Gasteiger partial charge in [-0.1, -0.05) is 37.8 Å². The molecule has 3 heterocycles. The maximum Gasteiger partial charge on any atom is 0.266 e. The largest absolute Gasteiger partial charge is 0.497 e. The lowest BCUT2D eigenvalue weighted by atomic mass is 10.1. The van der Waals surface area contributed by atoms with Gasteiger partial charge in [-0.05, 0) is 43.7 Å². The molecule has 0 aliphatic carbocycles. The van der Waals surface area contributed by atoms with E-state index in [9.17, 15) is 4.79 Å². The van der Waals surface area contributed by atoms with Gasteiger partial charge in [0.1, 0.15) is 24.6 Å². The standard InChI is InChI=1S/C29H35N7O3Si/c1-19-9-7-12-23-24(19)29(37)36(21-10-8-11-22(15-21)38-3)27(34-23)20(2)33-26-25-28(31-16-30-26)35(17-32-25)18-39-13-14-40(4,5)6/h7-12,15-17,20H,13-14,18H2,1-6H3,(H,30,31,33). The predicted octanol–water partition coefficient (Wildman–Crippen LogP) is 5.33. The minimum Gasteiger partial charge on any atom is -0.497 e. The van der Waals surface area contributed by atoms with Crippen molar-refractivity contribution in [3.63, 3.8) is 0 Å². The van der Waals surface area contributed by atoms with E-state index in [1.54, 1.807) is 18.0 Å². The van der Waals surface area contributed by atoms with Crippen LogP contribution in [0.4, 0.5) is 5.82 Å². The summed E-state index contributed by atoms with van der Waals surface area (Å²) < 4.78 is 14.9. The van der Waals surface area contributed by atoms with E-state index in [1.807, 2.05) is 60.9 Å². The normalized spacial score (nSPS) is 12.7. The average Bonchev–Trinajstić information content (AvgIpc) is 3.34. The van der Waals surface area contributed by atoms with Crippen molar-refractivity contribution >= 4 is 36.0 Å². The van der Waals surface area contributed by atoms with Crippen LogP contribution >= 0.6 is 0 Å². The summed E-state index contributed by atoms with van der Waals surface area (Å²) in [7, 11) is 0.429. The van der Waals surface area contributed by atoms with E-state index in [4.69, 9.17) is 14.5 Å². The Morgan fingerprint density at radius 2 is 1.88 bits per heavy atom. The van der Waals surface area contributed by atoms with Gasteiger partial charge < -0.3 is 14.8 Å². The van der Waals surface area contributed by atoms with Crippen molar-refractivity contribution in [2.45, 2.75) is 52.3 Å². The SMILES string of the molecule is COc1cccc(-n2c(C(C)Nc3ncnc4c3ncn4COCC[Si](C)(C)C)nc3cccc(C)c3c2=O)c1. The summed E-state index contributed by atoms with van der Waals surface area (Å²) in [5, 5.41) is 4.01. The van der Waals surface area contributed by atoms with Crippen LogP contribution < -0.4 is 15.6 Å². The molecule has 5 aromatic rings. The van der Waals surface area contributed by atoms with Gasteiger partial charge in [-0.2, -0.15) is 0 Å². The number of aryl methyl sites for hydroxylation is 1. The quantitative estimate of drug-likeness (QED) is 0.181. The molecule has 3 aromatic heterocycles. The van der Waals surface area contributed by atoms with Crippen LogP contribution in [0.15, 0.2) is 59.9 Å². The first-order valence-corrected chi connectivity index (χ1v) is 17.0. The minimum absolute atomic E-state index is 0.146. The van der Waals surface area contributed by atoms with Crippen molar-refractivity contribution in [3.05, 3.63) is 76.9 Å². The summed E-state index contributed by atoms with van der Waals surface area (Å²) in [6, 6.07) is 13.8. The van der Waals surface area contributed by atoms with Gasteiger partial charge in [-0.25, -0.2) is 19.9 Å². The van der Waals surface area contributed by atoms with Crippen LogP contribution in [0.5, 0.6) is 5.75 Å². The first-order chi connectivity index (χ1) is 19.2. The Morgan fingerprint density at radius 3 is 2.65 bits per heavy atom. The molecule has 0 spiro atoms. The Labute approximate surface area is 234 Å². The van der Waals surface area contributed by atoms with Crippen LogP contribution in [-0.2, 0) is 11.5 Å². The smallest absolute Gasteiger partial charge is 0.266 e. The van der Waals surface area contributed by atoms with Crippen molar-refractivity contribution in [3.8, 4) is 11.4 Å². The van der Waals surface area contributed by atoms with Crippen molar-refractivity contribution in [2.24, 2.45) is 0 Å². The number of ether oxygens (including phenoxy) is 2. The predicted molar refractivity (Wildman–Crippen MR) is 160 cm³/mol. The van der Waals surface area contributed by atoms with Crippen molar-refractivity contribution < 1.29 is 9.47 Å². The summed E-state index contributed by atoms with van der Waals surface area (Å²) >= 11 is 0. The van der Waals surface area contributed by atoms with Gasteiger partial charge in [0, 0.05) is 20.7 Å². The molecule has 0 saturated heterocycles. The molecule has 0 bridgehead atoms. The van der Waals surface area contributed by atoms with Crippen LogP contribution in [0.25, 0.3) is 27.8 Å². The number of hydrogen-bond acceptors (Lipinski definition) is 8. The summed E-state index contributed by atoms with van der Waals surface area (Å²) in [6.07, 6.45) is 3.22. The third-order valence-corrected chi connectivity index (χ3v) is 8.52. The average molecular weight is 558 g/mol. The maximum absolute atomic E-state index is 13.9. The van der Waals surface area contributed by atoms with Crippen LogP contribution in [0.2, 0.25) is 25.7 Å². The van der Waals surface area contributed by atoms with Gasteiger partial charge >= 0.3 is 0 Å². The zero-order valence-electron chi connectivity index (χ0n) is 23.8. The number of rotatable bonds is 10. The molecule has 5 rings (SSSR count). The number of anilines is 1. The highest BCUT2D eigenvalue weighted by molar-refractivity contribution is 6.76. The second-order valence-electron chi connectivity index (χ2n) is 11.1. The van der Waals surface area contributed by atoms with E-state index >= 15 is 0 Å². The molecule has 0 amide bonds. The summed E-state index contributed by atoms with van der Waals surface area (Å²) in [5.41, 5.74) is 3.32. The van der Waals surface area contributed by atoms with Crippen LogP contribution in [0.3, 0.4) is 0 Å². The summed E-state index contributed by atoms with van der Waals surface area (Å²) in [5.74, 6) is 1.74. The van der Waals surface area contributed by atoms with Gasteiger partial charge in [-0.15, -0.1) is 0 Å². The van der Waals surface area contributed by atoms with E-state index in [-0.39, 0.29) is 5.56 Å². The van der Waals surface area contributed by atoms with Crippen LogP contribution in [-0.4, -0.2) is 50.9 Å². The molecular formula is C29H35N7O3Si. The number of nitrogens with zero attached hydrogens (tertiary/aromatic N) is 6. The lowest BCUT2D eigenvalue weighted by Crippen LogP contribution is -2.28. The van der Waals surface area contributed by atoms with Gasteiger partial charge in [0.25, 0.3) is 5.56 Å². The molecule has 208 valence electrons. The van der Waals surface area contributed by atoms with Gasteiger partial charge in [-0.3, -0.25) is 13.9 Å².